The lowest BCUT2D eigenvalue weighted by atomic mass is 9.65. The monoisotopic (exact) mass is 586 g/mol. The maximum atomic E-state index is 10.9. The van der Waals surface area contributed by atoms with E-state index in [1.54, 1.807) is 6.92 Å². The van der Waals surface area contributed by atoms with Gasteiger partial charge < -0.3 is 15.3 Å². The molecule has 2 saturated carbocycles. The molecule has 0 bridgehead atoms. The second-order valence-corrected chi connectivity index (χ2v) is 14.4. The Morgan fingerprint density at radius 3 is 1.53 bits per heavy atom. The number of aliphatic hydroxyl groups excluding tert-OH is 2. The highest BCUT2D eigenvalue weighted by Crippen LogP contribution is 2.46. The van der Waals surface area contributed by atoms with Crippen LogP contribution in [0.3, 0.4) is 0 Å². The maximum absolute atomic E-state index is 10.9. The lowest BCUT2D eigenvalue weighted by molar-refractivity contribution is -0.0271. The van der Waals surface area contributed by atoms with Gasteiger partial charge in [0.15, 0.2) is 0 Å². The van der Waals surface area contributed by atoms with Crippen molar-refractivity contribution >= 4 is 0 Å². The van der Waals surface area contributed by atoms with Gasteiger partial charge in [-0.25, -0.2) is 0 Å². The van der Waals surface area contributed by atoms with Crippen molar-refractivity contribution < 1.29 is 15.3 Å². The van der Waals surface area contributed by atoms with E-state index in [9.17, 15) is 15.3 Å². The zero-order valence-electron chi connectivity index (χ0n) is 28.5. The van der Waals surface area contributed by atoms with Crippen molar-refractivity contribution in [1.29, 1.82) is 0 Å². The largest absolute Gasteiger partial charge is 0.393 e. The summed E-state index contributed by atoms with van der Waals surface area (Å²) < 4.78 is 0. The maximum Gasteiger partial charge on any atom is 0.0861 e. The van der Waals surface area contributed by atoms with Crippen LogP contribution < -0.4 is 0 Å². The van der Waals surface area contributed by atoms with Crippen LogP contribution in [-0.2, 0) is 0 Å². The predicted molar refractivity (Wildman–Crippen MR) is 186 cm³/mol. The third kappa shape index (κ3) is 12.1. The molecule has 2 fully saturated rings. The fourth-order valence-electron chi connectivity index (χ4n) is 6.63. The standard InChI is InChI=1S/C40H58O3/c1-29(17-13-19-31(3)21-23-36-33(5)25-34(41)26-38(36,6)7)15-11-12-16-30(2)18-14-20-32(4)22-24-37-39(8,9)27-35(42)28-40(37,10)43/h11-24,33-35,41-43H,25-28H2,1-10H3/b15-11+,16-12+,19-13+,20-14+,29-17+,30-18+,31-21+,32-22+,36-23+,37-24-. The average molecular weight is 587 g/mol. The number of hydrogen-bond acceptors (Lipinski definition) is 3. The van der Waals surface area contributed by atoms with Crippen molar-refractivity contribution in [3.63, 3.8) is 0 Å². The normalized spacial score (nSPS) is 31.5. The molecule has 0 aromatic rings. The van der Waals surface area contributed by atoms with Gasteiger partial charge in [-0.05, 0) is 76.2 Å². The van der Waals surface area contributed by atoms with E-state index in [0.29, 0.717) is 18.8 Å². The van der Waals surface area contributed by atoms with E-state index >= 15 is 0 Å². The van der Waals surface area contributed by atoms with Crippen molar-refractivity contribution in [1.82, 2.24) is 0 Å². The minimum Gasteiger partial charge on any atom is -0.393 e. The zero-order valence-corrected chi connectivity index (χ0v) is 28.5. The second-order valence-electron chi connectivity index (χ2n) is 14.4. The van der Waals surface area contributed by atoms with E-state index in [2.05, 4.69) is 129 Å². The van der Waals surface area contributed by atoms with Gasteiger partial charge in [-0.15, -0.1) is 0 Å². The molecule has 0 saturated heterocycles. The van der Waals surface area contributed by atoms with E-state index in [1.165, 1.54) is 16.7 Å². The Balaban J connectivity index is 1.92. The van der Waals surface area contributed by atoms with Crippen molar-refractivity contribution in [2.75, 3.05) is 0 Å². The number of hydrogen-bond donors (Lipinski definition) is 3. The molecule has 236 valence electrons. The van der Waals surface area contributed by atoms with E-state index < -0.39 is 11.7 Å². The Morgan fingerprint density at radius 1 is 0.605 bits per heavy atom. The van der Waals surface area contributed by atoms with Crippen LogP contribution in [-0.4, -0.2) is 33.1 Å². The smallest absolute Gasteiger partial charge is 0.0861 e. The summed E-state index contributed by atoms with van der Waals surface area (Å²) in [7, 11) is 0. The van der Waals surface area contributed by atoms with E-state index in [0.717, 1.165) is 29.6 Å². The summed E-state index contributed by atoms with van der Waals surface area (Å²) in [5.41, 5.74) is 5.82. The van der Waals surface area contributed by atoms with Gasteiger partial charge in [0.1, 0.15) is 0 Å². The highest BCUT2D eigenvalue weighted by Gasteiger charge is 2.43. The average Bonchev–Trinajstić information content (AvgIpc) is 2.83. The van der Waals surface area contributed by atoms with Crippen LogP contribution in [0.4, 0.5) is 0 Å². The number of rotatable bonds is 9. The van der Waals surface area contributed by atoms with Gasteiger partial charge >= 0.3 is 0 Å². The minimum atomic E-state index is -0.994. The first kappa shape index (κ1) is 36.5. The molecular weight excluding hydrogens is 528 g/mol. The van der Waals surface area contributed by atoms with Gasteiger partial charge in [-0.1, -0.05) is 148 Å². The van der Waals surface area contributed by atoms with Gasteiger partial charge in [-0.3, -0.25) is 0 Å². The quantitative estimate of drug-likeness (QED) is 0.236. The summed E-state index contributed by atoms with van der Waals surface area (Å²) in [4.78, 5) is 0. The molecule has 2 aliphatic carbocycles. The molecule has 0 radical (unpaired) electrons. The SMILES string of the molecule is CC(/C=C/C=C(C)/C=C/C=C/C(C)=C/C=C/C(C)=C/C=C1\C(C)CC(O)CC1(C)C)=C\C=C1\C(C)(C)CC(O)CC1(C)O. The molecule has 0 heterocycles. The molecule has 0 amide bonds. The summed E-state index contributed by atoms with van der Waals surface area (Å²) in [5, 5.41) is 31.1. The first-order valence-corrected chi connectivity index (χ1v) is 15.8. The van der Waals surface area contributed by atoms with Crippen molar-refractivity contribution in [3.8, 4) is 0 Å². The van der Waals surface area contributed by atoms with E-state index in [4.69, 9.17) is 0 Å². The molecule has 3 heteroatoms. The summed E-state index contributed by atoms with van der Waals surface area (Å²) in [5.74, 6) is 0.404. The Hall–Kier alpha value is -2.72. The molecule has 2 rings (SSSR count). The summed E-state index contributed by atoms with van der Waals surface area (Å²) in [6.07, 6.45) is 31.4. The Morgan fingerprint density at radius 2 is 1.05 bits per heavy atom. The zero-order chi connectivity index (χ0) is 32.4. The van der Waals surface area contributed by atoms with Crippen molar-refractivity contribution in [2.24, 2.45) is 16.7 Å². The van der Waals surface area contributed by atoms with Gasteiger partial charge in [-0.2, -0.15) is 0 Å². The van der Waals surface area contributed by atoms with E-state index in [1.807, 2.05) is 18.2 Å². The molecule has 43 heavy (non-hydrogen) atoms. The number of aliphatic hydroxyl groups is 3. The lowest BCUT2D eigenvalue weighted by Gasteiger charge is -2.45. The van der Waals surface area contributed by atoms with Crippen LogP contribution in [0.15, 0.2) is 119 Å². The van der Waals surface area contributed by atoms with Crippen molar-refractivity contribution in [3.05, 3.63) is 119 Å². The van der Waals surface area contributed by atoms with Crippen molar-refractivity contribution in [2.45, 2.75) is 113 Å². The fourth-order valence-corrected chi connectivity index (χ4v) is 6.63. The third-order valence-electron chi connectivity index (χ3n) is 8.68. The van der Waals surface area contributed by atoms with Crippen LogP contribution in [0.1, 0.15) is 94.9 Å². The topological polar surface area (TPSA) is 60.7 Å². The first-order chi connectivity index (χ1) is 19.9. The Labute approximate surface area is 262 Å². The van der Waals surface area contributed by atoms with Crippen LogP contribution in [0.2, 0.25) is 0 Å². The molecule has 0 aliphatic heterocycles. The van der Waals surface area contributed by atoms with E-state index in [-0.39, 0.29) is 16.9 Å². The highest BCUT2D eigenvalue weighted by molar-refractivity contribution is 5.36. The highest BCUT2D eigenvalue weighted by atomic mass is 16.3. The van der Waals surface area contributed by atoms with Crippen LogP contribution in [0, 0.1) is 16.7 Å². The molecule has 3 N–H and O–H groups in total. The summed E-state index contributed by atoms with van der Waals surface area (Å²) in [6.45, 7) is 21.0. The summed E-state index contributed by atoms with van der Waals surface area (Å²) in [6, 6.07) is 0. The molecule has 0 aromatic heterocycles. The summed E-state index contributed by atoms with van der Waals surface area (Å²) >= 11 is 0. The van der Waals surface area contributed by atoms with Crippen LogP contribution >= 0.6 is 0 Å². The molecule has 3 nitrogen and oxygen atoms in total. The molecule has 0 aromatic carbocycles. The third-order valence-corrected chi connectivity index (χ3v) is 8.68. The second kappa shape index (κ2) is 15.8. The van der Waals surface area contributed by atoms with Crippen LogP contribution in [0.25, 0.3) is 0 Å². The predicted octanol–water partition coefficient (Wildman–Crippen LogP) is 9.60. The molecule has 2 aliphatic rings. The molecule has 4 unspecified atom stereocenters. The van der Waals surface area contributed by atoms with Gasteiger partial charge in [0.05, 0.1) is 17.8 Å². The Bertz CT molecular complexity index is 1240. The Kier molecular flexibility index (Phi) is 13.4. The van der Waals surface area contributed by atoms with Gasteiger partial charge in [0.25, 0.3) is 0 Å². The lowest BCUT2D eigenvalue weighted by Crippen LogP contribution is -2.45. The molecule has 0 spiro atoms. The molecular formula is C40H58O3. The van der Waals surface area contributed by atoms with Gasteiger partial charge in [0, 0.05) is 6.42 Å². The van der Waals surface area contributed by atoms with Crippen LogP contribution in [0.5, 0.6) is 0 Å². The fraction of sp³-hybridized carbons (Fsp3) is 0.500. The minimum absolute atomic E-state index is 0.0344. The number of allylic oxidation sites excluding steroid dienone is 19. The van der Waals surface area contributed by atoms with Gasteiger partial charge in [0.2, 0.25) is 0 Å². The molecule has 4 atom stereocenters. The first-order valence-electron chi connectivity index (χ1n) is 15.8.